The first-order valence-electron chi connectivity index (χ1n) is 7.04. The number of thiazole rings is 1. The highest BCUT2D eigenvalue weighted by molar-refractivity contribution is 7.11. The number of nitrogens with zero attached hydrogens (tertiary/aromatic N) is 2. The zero-order valence-electron chi connectivity index (χ0n) is 13.0. The van der Waals surface area contributed by atoms with Crippen molar-refractivity contribution in [1.82, 2.24) is 4.98 Å². The van der Waals surface area contributed by atoms with Gasteiger partial charge in [-0.15, -0.1) is 11.3 Å². The van der Waals surface area contributed by atoms with Gasteiger partial charge in [0.2, 0.25) is 0 Å². The fourth-order valence-corrected chi connectivity index (χ4v) is 3.21. The van der Waals surface area contributed by atoms with Gasteiger partial charge in [-0.2, -0.15) is 5.26 Å². The molecule has 21 heavy (non-hydrogen) atoms. The maximum absolute atomic E-state index is 8.76. The second-order valence-electron chi connectivity index (χ2n) is 5.25. The number of benzene rings is 1. The lowest BCUT2D eigenvalue weighted by atomic mass is 10.1. The maximum Gasteiger partial charge on any atom is 0.122 e. The number of rotatable bonds is 5. The number of nitriles is 1. The third-order valence-electron chi connectivity index (χ3n) is 3.51. The molecular weight excluding hydrogens is 280 g/mol. The van der Waals surface area contributed by atoms with Gasteiger partial charge in [-0.25, -0.2) is 4.98 Å². The average molecular weight is 300 g/mol. The van der Waals surface area contributed by atoms with Gasteiger partial charge < -0.3 is 4.74 Å². The summed E-state index contributed by atoms with van der Waals surface area (Å²) in [5.41, 5.74) is 4.64. The van der Waals surface area contributed by atoms with Gasteiger partial charge in [-0.3, -0.25) is 0 Å². The van der Waals surface area contributed by atoms with E-state index in [2.05, 4.69) is 44.0 Å². The Balaban J connectivity index is 1.99. The standard InChI is InChI=1S/C17H20N2OS/c1-11-9-12(2)13(3)15(10-11)20-8-6-17-19-14(4)16(21-17)5-7-18/h9-10H,5-6,8H2,1-4H3. The molecule has 0 atom stereocenters. The third-order valence-corrected chi connectivity index (χ3v) is 4.73. The Bertz CT molecular complexity index is 683. The minimum absolute atomic E-state index is 0.445. The van der Waals surface area contributed by atoms with Gasteiger partial charge in [0.25, 0.3) is 0 Å². The smallest absolute Gasteiger partial charge is 0.122 e. The monoisotopic (exact) mass is 300 g/mol. The summed E-state index contributed by atoms with van der Waals surface area (Å²) in [6, 6.07) is 6.43. The van der Waals surface area contributed by atoms with E-state index in [0.717, 1.165) is 27.7 Å². The number of aromatic nitrogens is 1. The van der Waals surface area contributed by atoms with Crippen LogP contribution in [0, 0.1) is 39.0 Å². The number of ether oxygens (including phenoxy) is 1. The van der Waals surface area contributed by atoms with Crippen LogP contribution >= 0.6 is 11.3 Å². The summed E-state index contributed by atoms with van der Waals surface area (Å²) in [5, 5.41) is 9.81. The molecule has 2 aromatic rings. The molecule has 0 saturated carbocycles. The molecule has 0 amide bonds. The van der Waals surface area contributed by atoms with E-state index in [1.807, 2.05) is 6.92 Å². The molecule has 0 aliphatic heterocycles. The molecule has 1 aromatic heterocycles. The molecule has 2 rings (SSSR count). The van der Waals surface area contributed by atoms with Crippen molar-refractivity contribution in [2.75, 3.05) is 6.61 Å². The topological polar surface area (TPSA) is 45.9 Å². The van der Waals surface area contributed by atoms with Gasteiger partial charge in [-0.1, -0.05) is 6.07 Å². The SMILES string of the molecule is Cc1cc(C)c(C)c(OCCc2nc(C)c(CC#N)s2)c1. The van der Waals surface area contributed by atoms with E-state index in [4.69, 9.17) is 10.00 Å². The van der Waals surface area contributed by atoms with Crippen molar-refractivity contribution >= 4 is 11.3 Å². The Morgan fingerprint density at radius 3 is 2.71 bits per heavy atom. The highest BCUT2D eigenvalue weighted by atomic mass is 32.1. The van der Waals surface area contributed by atoms with Crippen molar-refractivity contribution in [2.24, 2.45) is 0 Å². The van der Waals surface area contributed by atoms with Gasteiger partial charge in [-0.05, 0) is 50.5 Å². The van der Waals surface area contributed by atoms with Crippen LogP contribution in [0.5, 0.6) is 5.75 Å². The van der Waals surface area contributed by atoms with Gasteiger partial charge in [0.05, 0.1) is 29.8 Å². The normalized spacial score (nSPS) is 10.4. The Labute approximate surface area is 130 Å². The van der Waals surface area contributed by atoms with Gasteiger partial charge in [0.1, 0.15) is 5.75 Å². The fraction of sp³-hybridized carbons (Fsp3) is 0.412. The van der Waals surface area contributed by atoms with E-state index in [0.29, 0.717) is 13.0 Å². The Kier molecular flexibility index (Phi) is 4.98. The average Bonchev–Trinajstić information content (AvgIpc) is 2.76. The first kappa shape index (κ1) is 15.5. The number of hydrogen-bond acceptors (Lipinski definition) is 4. The number of hydrogen-bond donors (Lipinski definition) is 0. The molecule has 0 fully saturated rings. The van der Waals surface area contributed by atoms with E-state index in [9.17, 15) is 0 Å². The summed E-state index contributed by atoms with van der Waals surface area (Å²) in [7, 11) is 0. The van der Waals surface area contributed by atoms with Gasteiger partial charge >= 0.3 is 0 Å². The summed E-state index contributed by atoms with van der Waals surface area (Å²) < 4.78 is 5.91. The second kappa shape index (κ2) is 6.73. The maximum atomic E-state index is 8.76. The van der Waals surface area contributed by atoms with Crippen LogP contribution in [0.2, 0.25) is 0 Å². The molecule has 110 valence electrons. The highest BCUT2D eigenvalue weighted by Crippen LogP contribution is 2.24. The molecule has 1 aromatic carbocycles. The lowest BCUT2D eigenvalue weighted by Crippen LogP contribution is -2.03. The summed E-state index contributed by atoms with van der Waals surface area (Å²) in [6.45, 7) is 8.85. The third kappa shape index (κ3) is 3.83. The molecule has 0 unspecified atom stereocenters. The Morgan fingerprint density at radius 1 is 1.24 bits per heavy atom. The lowest BCUT2D eigenvalue weighted by molar-refractivity contribution is 0.319. The molecule has 0 aliphatic carbocycles. The summed E-state index contributed by atoms with van der Waals surface area (Å²) in [5.74, 6) is 0.957. The lowest BCUT2D eigenvalue weighted by Gasteiger charge is -2.11. The fourth-order valence-electron chi connectivity index (χ4n) is 2.23. The van der Waals surface area contributed by atoms with Crippen molar-refractivity contribution in [3.8, 4) is 11.8 Å². The zero-order chi connectivity index (χ0) is 15.4. The molecule has 0 saturated heterocycles. The predicted octanol–water partition coefficient (Wildman–Crippen LogP) is 4.06. The molecule has 0 aliphatic rings. The molecule has 0 bridgehead atoms. The summed E-state index contributed by atoms with van der Waals surface area (Å²) in [6.07, 6.45) is 1.23. The van der Waals surface area contributed by atoms with Crippen molar-refractivity contribution in [1.29, 1.82) is 5.26 Å². The highest BCUT2D eigenvalue weighted by Gasteiger charge is 2.08. The van der Waals surface area contributed by atoms with Crippen LogP contribution in [-0.4, -0.2) is 11.6 Å². The molecule has 1 heterocycles. The minimum atomic E-state index is 0.445. The quantitative estimate of drug-likeness (QED) is 0.836. The molecule has 0 spiro atoms. The van der Waals surface area contributed by atoms with E-state index in [-0.39, 0.29) is 0 Å². The Morgan fingerprint density at radius 2 is 2.00 bits per heavy atom. The van der Waals surface area contributed by atoms with Crippen LogP contribution in [0.3, 0.4) is 0 Å². The van der Waals surface area contributed by atoms with Gasteiger partial charge in [0.15, 0.2) is 0 Å². The molecule has 0 radical (unpaired) electrons. The minimum Gasteiger partial charge on any atom is -0.493 e. The molecular formula is C17H20N2OS. The van der Waals surface area contributed by atoms with Crippen LogP contribution < -0.4 is 4.74 Å². The van der Waals surface area contributed by atoms with Crippen LogP contribution in [0.25, 0.3) is 0 Å². The van der Waals surface area contributed by atoms with E-state index in [1.165, 1.54) is 16.7 Å². The first-order chi connectivity index (χ1) is 10.0. The van der Waals surface area contributed by atoms with Crippen molar-refractivity contribution < 1.29 is 4.74 Å². The van der Waals surface area contributed by atoms with Crippen LogP contribution in [0.15, 0.2) is 12.1 Å². The van der Waals surface area contributed by atoms with Crippen molar-refractivity contribution in [2.45, 2.75) is 40.5 Å². The van der Waals surface area contributed by atoms with E-state index < -0.39 is 0 Å². The summed E-state index contributed by atoms with van der Waals surface area (Å²) >= 11 is 1.62. The molecule has 0 N–H and O–H groups in total. The van der Waals surface area contributed by atoms with Crippen molar-refractivity contribution in [3.63, 3.8) is 0 Å². The molecule has 3 nitrogen and oxygen atoms in total. The summed E-state index contributed by atoms with van der Waals surface area (Å²) in [4.78, 5) is 5.57. The van der Waals surface area contributed by atoms with Crippen LogP contribution in [-0.2, 0) is 12.8 Å². The Hall–Kier alpha value is -1.86. The largest absolute Gasteiger partial charge is 0.493 e. The number of aryl methyl sites for hydroxylation is 3. The first-order valence-corrected chi connectivity index (χ1v) is 7.85. The zero-order valence-corrected chi connectivity index (χ0v) is 13.8. The van der Waals surface area contributed by atoms with E-state index in [1.54, 1.807) is 11.3 Å². The van der Waals surface area contributed by atoms with Crippen LogP contribution in [0.4, 0.5) is 0 Å². The van der Waals surface area contributed by atoms with E-state index >= 15 is 0 Å². The van der Waals surface area contributed by atoms with Gasteiger partial charge in [0, 0.05) is 11.3 Å². The predicted molar refractivity (Wildman–Crippen MR) is 86.0 cm³/mol. The van der Waals surface area contributed by atoms with Crippen LogP contribution in [0.1, 0.15) is 32.3 Å². The van der Waals surface area contributed by atoms with Crippen molar-refractivity contribution in [3.05, 3.63) is 44.4 Å². The second-order valence-corrected chi connectivity index (χ2v) is 6.42. The molecule has 4 heteroatoms.